The number of hydrogen-bond donors (Lipinski definition) is 0. The van der Waals surface area contributed by atoms with E-state index in [1.165, 1.54) is 29.6 Å². The van der Waals surface area contributed by atoms with Crippen molar-refractivity contribution in [3.8, 4) is 0 Å². The van der Waals surface area contributed by atoms with Gasteiger partial charge in [0.1, 0.15) is 12.1 Å². The molecule has 2 aliphatic heterocycles. The highest BCUT2D eigenvalue weighted by Crippen LogP contribution is 2.43. The molecule has 3 aromatic rings. The van der Waals surface area contributed by atoms with E-state index in [4.69, 9.17) is 4.74 Å². The van der Waals surface area contributed by atoms with Gasteiger partial charge < -0.3 is 14.2 Å². The van der Waals surface area contributed by atoms with Crippen LogP contribution in [0, 0.1) is 0 Å². The highest BCUT2D eigenvalue weighted by Gasteiger charge is 2.47. The van der Waals surface area contributed by atoms with E-state index in [9.17, 15) is 19.2 Å². The summed E-state index contributed by atoms with van der Waals surface area (Å²) in [7, 11) is 2.93. The van der Waals surface area contributed by atoms with Crippen molar-refractivity contribution >= 4 is 23.0 Å². The van der Waals surface area contributed by atoms with Crippen molar-refractivity contribution in [3.05, 3.63) is 62.6 Å². The Kier molecular flexibility index (Phi) is 4.14. The van der Waals surface area contributed by atoms with Crippen molar-refractivity contribution in [2.75, 3.05) is 13.1 Å². The summed E-state index contributed by atoms with van der Waals surface area (Å²) in [5.74, 6) is -0.482. The van der Waals surface area contributed by atoms with E-state index in [-0.39, 0.29) is 29.6 Å². The van der Waals surface area contributed by atoms with Gasteiger partial charge in [-0.1, -0.05) is 18.2 Å². The molecule has 0 aliphatic carbocycles. The van der Waals surface area contributed by atoms with Crippen LogP contribution < -0.4 is 11.2 Å². The molecule has 2 aliphatic rings. The minimum absolute atomic E-state index is 0.0622. The molecule has 2 aromatic heterocycles. The standard InChI is InChI=1S/C21H21N5O5/c1-23-17-16(18(28)24(2)20(23)30)26(12-22-17)11-15(27)25-9-7-21(8-10-25)14-6-4-3-5-13(14)19(29)31-21/h3-6,12H,7-11H2,1-2H3. The Morgan fingerprint density at radius 2 is 1.81 bits per heavy atom. The lowest BCUT2D eigenvalue weighted by Crippen LogP contribution is -2.46. The van der Waals surface area contributed by atoms with Gasteiger partial charge in [0.25, 0.3) is 5.56 Å². The fourth-order valence-corrected chi connectivity index (χ4v) is 4.60. The van der Waals surface area contributed by atoms with E-state index < -0.39 is 16.9 Å². The fraction of sp³-hybridized carbons (Fsp3) is 0.381. The van der Waals surface area contributed by atoms with Crippen LogP contribution in [0.2, 0.25) is 0 Å². The van der Waals surface area contributed by atoms with Gasteiger partial charge in [-0.05, 0) is 6.07 Å². The van der Waals surface area contributed by atoms with Crippen molar-refractivity contribution in [2.45, 2.75) is 25.0 Å². The summed E-state index contributed by atoms with van der Waals surface area (Å²) < 4.78 is 9.50. The number of hydrogen-bond acceptors (Lipinski definition) is 6. The maximum Gasteiger partial charge on any atom is 0.339 e. The zero-order chi connectivity index (χ0) is 21.9. The normalized spacial score (nSPS) is 17.2. The number of piperidine rings is 1. The van der Waals surface area contributed by atoms with Crippen molar-refractivity contribution in [3.63, 3.8) is 0 Å². The lowest BCUT2D eigenvalue weighted by Gasteiger charge is -2.38. The molecule has 1 spiro atoms. The number of aromatic nitrogens is 4. The molecule has 5 rings (SSSR count). The van der Waals surface area contributed by atoms with Crippen molar-refractivity contribution in [1.29, 1.82) is 0 Å². The average Bonchev–Trinajstić information content (AvgIpc) is 3.31. The van der Waals surface area contributed by atoms with Gasteiger partial charge in [0, 0.05) is 45.6 Å². The minimum Gasteiger partial charge on any atom is -0.450 e. The molecular formula is C21H21N5O5. The fourth-order valence-electron chi connectivity index (χ4n) is 4.60. The quantitative estimate of drug-likeness (QED) is 0.542. The lowest BCUT2D eigenvalue weighted by molar-refractivity contribution is -0.136. The number of rotatable bonds is 2. The maximum atomic E-state index is 13.0. The molecule has 0 saturated carbocycles. The van der Waals surface area contributed by atoms with E-state index >= 15 is 0 Å². The highest BCUT2D eigenvalue weighted by molar-refractivity contribution is 5.94. The Hall–Kier alpha value is -3.69. The van der Waals surface area contributed by atoms with Crippen LogP contribution in [0.5, 0.6) is 0 Å². The third kappa shape index (κ3) is 2.74. The topological polar surface area (TPSA) is 108 Å². The molecule has 0 radical (unpaired) electrons. The number of fused-ring (bicyclic) bond motifs is 3. The van der Waals surface area contributed by atoms with E-state index in [0.29, 0.717) is 31.5 Å². The lowest BCUT2D eigenvalue weighted by atomic mass is 9.84. The van der Waals surface area contributed by atoms with Gasteiger partial charge in [-0.2, -0.15) is 0 Å². The number of ether oxygens (including phenoxy) is 1. The van der Waals surface area contributed by atoms with Gasteiger partial charge in [0.2, 0.25) is 5.91 Å². The van der Waals surface area contributed by atoms with Crippen LogP contribution >= 0.6 is 0 Å². The largest absolute Gasteiger partial charge is 0.450 e. The van der Waals surface area contributed by atoms with Gasteiger partial charge in [-0.15, -0.1) is 0 Å². The molecule has 4 heterocycles. The highest BCUT2D eigenvalue weighted by atomic mass is 16.6. The second kappa shape index (κ2) is 6.66. The van der Waals surface area contributed by atoms with E-state index in [2.05, 4.69) is 4.98 Å². The number of aryl methyl sites for hydroxylation is 1. The molecule has 0 atom stereocenters. The first-order chi connectivity index (χ1) is 14.8. The van der Waals surface area contributed by atoms with Crippen LogP contribution in [0.4, 0.5) is 0 Å². The number of nitrogens with zero attached hydrogens (tertiary/aromatic N) is 5. The summed E-state index contributed by atoms with van der Waals surface area (Å²) in [5.41, 5.74) is 0.293. The van der Waals surface area contributed by atoms with Gasteiger partial charge in [-0.25, -0.2) is 14.6 Å². The molecule has 1 fully saturated rings. The summed E-state index contributed by atoms with van der Waals surface area (Å²) >= 11 is 0. The Labute approximate surface area is 176 Å². The Morgan fingerprint density at radius 3 is 2.55 bits per heavy atom. The van der Waals surface area contributed by atoms with Crippen molar-refractivity contribution < 1.29 is 14.3 Å². The maximum absolute atomic E-state index is 13.0. The summed E-state index contributed by atoms with van der Waals surface area (Å²) in [4.78, 5) is 55.7. The predicted molar refractivity (Wildman–Crippen MR) is 110 cm³/mol. The summed E-state index contributed by atoms with van der Waals surface area (Å²) in [6, 6.07) is 7.38. The summed E-state index contributed by atoms with van der Waals surface area (Å²) in [6.07, 6.45) is 2.44. The first-order valence-corrected chi connectivity index (χ1v) is 10.0. The molecular weight excluding hydrogens is 402 g/mol. The van der Waals surface area contributed by atoms with E-state index in [1.54, 1.807) is 11.0 Å². The summed E-state index contributed by atoms with van der Waals surface area (Å²) in [5, 5.41) is 0. The molecule has 10 nitrogen and oxygen atoms in total. The first kappa shape index (κ1) is 19.3. The number of amides is 1. The van der Waals surface area contributed by atoms with Gasteiger partial charge in [-0.3, -0.25) is 18.7 Å². The summed E-state index contributed by atoms with van der Waals surface area (Å²) in [6.45, 7) is 0.806. The molecule has 10 heteroatoms. The molecule has 1 amide bonds. The molecule has 0 N–H and O–H groups in total. The number of benzene rings is 1. The number of carbonyl (C=O) groups excluding carboxylic acids is 2. The van der Waals surface area contributed by atoms with Crippen LogP contribution in [0.1, 0.15) is 28.8 Å². The second-order valence-electron chi connectivity index (χ2n) is 8.06. The number of carbonyl (C=O) groups is 2. The smallest absolute Gasteiger partial charge is 0.339 e. The number of esters is 1. The molecule has 1 aromatic carbocycles. The Morgan fingerprint density at radius 1 is 1.10 bits per heavy atom. The van der Waals surface area contributed by atoms with Crippen molar-refractivity contribution in [1.82, 2.24) is 23.6 Å². The number of likely N-dealkylation sites (tertiary alicyclic amines) is 1. The van der Waals surface area contributed by atoms with Crippen LogP contribution in [0.15, 0.2) is 40.2 Å². The minimum atomic E-state index is -0.680. The van der Waals surface area contributed by atoms with Gasteiger partial charge in [0.15, 0.2) is 11.2 Å². The Bertz CT molecular complexity index is 1360. The van der Waals surface area contributed by atoms with Crippen molar-refractivity contribution in [2.24, 2.45) is 14.1 Å². The third-order valence-corrected chi connectivity index (χ3v) is 6.37. The van der Waals surface area contributed by atoms with Crippen LogP contribution in [-0.4, -0.2) is 48.6 Å². The number of imidazole rings is 1. The van der Waals surface area contributed by atoms with E-state index in [1.807, 2.05) is 18.2 Å². The predicted octanol–water partition coefficient (Wildman–Crippen LogP) is 0.122. The van der Waals surface area contributed by atoms with E-state index in [0.717, 1.165) is 10.1 Å². The molecule has 1 saturated heterocycles. The molecule has 0 unspecified atom stereocenters. The SMILES string of the molecule is Cn1c(=O)c2c(ncn2CC(=O)N2CCC3(CC2)OC(=O)c2ccccc23)n(C)c1=O. The first-order valence-electron chi connectivity index (χ1n) is 10.0. The molecule has 0 bridgehead atoms. The molecule has 31 heavy (non-hydrogen) atoms. The molecule has 160 valence electrons. The van der Waals surface area contributed by atoms with Gasteiger partial charge >= 0.3 is 11.7 Å². The zero-order valence-corrected chi connectivity index (χ0v) is 17.2. The monoisotopic (exact) mass is 423 g/mol. The second-order valence-corrected chi connectivity index (χ2v) is 8.06. The third-order valence-electron chi connectivity index (χ3n) is 6.37. The van der Waals surface area contributed by atoms with Gasteiger partial charge in [0.05, 0.1) is 11.9 Å². The van der Waals surface area contributed by atoms with Crippen LogP contribution in [0.3, 0.4) is 0 Å². The van der Waals surface area contributed by atoms with Crippen LogP contribution in [-0.2, 0) is 35.8 Å². The zero-order valence-electron chi connectivity index (χ0n) is 17.2. The average molecular weight is 423 g/mol. The Balaban J connectivity index is 1.37. The van der Waals surface area contributed by atoms with Crippen LogP contribution in [0.25, 0.3) is 11.2 Å².